The number of carbonyl (C=O) groups excluding carboxylic acids is 1. The monoisotopic (exact) mass is 276 g/mol. The van der Waals surface area contributed by atoms with Gasteiger partial charge < -0.3 is 4.74 Å². The van der Waals surface area contributed by atoms with Crippen molar-refractivity contribution in [3.8, 4) is 5.75 Å². The Morgan fingerprint density at radius 1 is 1.05 bits per heavy atom. The van der Waals surface area contributed by atoms with Crippen LogP contribution in [0.25, 0.3) is 0 Å². The number of benzene rings is 1. The minimum atomic E-state index is -0.188. The minimum Gasteiger partial charge on any atom is -0.426 e. The van der Waals surface area contributed by atoms with Gasteiger partial charge in [-0.15, -0.1) is 0 Å². The molecule has 0 spiro atoms. The molecule has 0 aliphatic heterocycles. The first-order valence-electron chi connectivity index (χ1n) is 7.33. The molecule has 0 saturated carbocycles. The van der Waals surface area contributed by atoms with Crippen LogP contribution in [-0.4, -0.2) is 5.97 Å². The predicted molar refractivity (Wildman–Crippen MR) is 84.0 cm³/mol. The Morgan fingerprint density at radius 2 is 1.55 bits per heavy atom. The summed E-state index contributed by atoms with van der Waals surface area (Å²) in [6.45, 7) is 15.0. The highest BCUT2D eigenvalue weighted by Gasteiger charge is 2.27. The molecule has 0 N–H and O–H groups in total. The second kappa shape index (κ2) is 5.99. The molecule has 0 aromatic heterocycles. The van der Waals surface area contributed by atoms with Crippen molar-refractivity contribution in [3.05, 3.63) is 29.8 Å². The van der Waals surface area contributed by atoms with Crippen LogP contribution in [0.5, 0.6) is 5.75 Å². The number of hydrogen-bond donors (Lipinski definition) is 0. The van der Waals surface area contributed by atoms with E-state index in [2.05, 4.69) is 46.8 Å². The number of rotatable bonds is 4. The quantitative estimate of drug-likeness (QED) is 0.574. The predicted octanol–water partition coefficient (Wildman–Crippen LogP) is 4.96. The maximum Gasteiger partial charge on any atom is 0.313 e. The van der Waals surface area contributed by atoms with Crippen LogP contribution in [-0.2, 0) is 10.2 Å². The minimum absolute atomic E-state index is 0.105. The molecule has 2 nitrogen and oxygen atoms in total. The fourth-order valence-corrected chi connectivity index (χ4v) is 2.64. The van der Waals surface area contributed by atoms with Crippen molar-refractivity contribution in [2.24, 2.45) is 11.3 Å². The van der Waals surface area contributed by atoms with Gasteiger partial charge in [0.1, 0.15) is 5.75 Å². The summed E-state index contributed by atoms with van der Waals surface area (Å²) in [6, 6.07) is 7.91. The molecule has 20 heavy (non-hydrogen) atoms. The summed E-state index contributed by atoms with van der Waals surface area (Å²) in [4.78, 5) is 11.6. The van der Waals surface area contributed by atoms with Crippen molar-refractivity contribution >= 4 is 5.97 Å². The van der Waals surface area contributed by atoms with Crippen LogP contribution in [0, 0.1) is 11.3 Å². The SMILES string of the molecule is CC(C)C(=O)Oc1ccc(C(C)(C)CC(C)(C)C)cc1. The molecular formula is C18H28O2. The van der Waals surface area contributed by atoms with Crippen molar-refractivity contribution in [2.45, 2.75) is 60.3 Å². The molecule has 0 amide bonds. The lowest BCUT2D eigenvalue weighted by molar-refractivity contribution is -0.137. The molecule has 0 radical (unpaired) electrons. The molecule has 112 valence electrons. The molecule has 0 heterocycles. The van der Waals surface area contributed by atoms with Gasteiger partial charge in [-0.25, -0.2) is 0 Å². The fraction of sp³-hybridized carbons (Fsp3) is 0.611. The zero-order chi connectivity index (χ0) is 15.6. The molecule has 1 aromatic rings. The first-order valence-corrected chi connectivity index (χ1v) is 7.33. The van der Waals surface area contributed by atoms with Gasteiger partial charge in [-0.2, -0.15) is 0 Å². The number of hydrogen-bond acceptors (Lipinski definition) is 2. The Labute approximate surface area is 123 Å². The lowest BCUT2D eigenvalue weighted by Gasteiger charge is -2.33. The molecule has 1 aromatic carbocycles. The molecule has 0 atom stereocenters. The van der Waals surface area contributed by atoms with Crippen molar-refractivity contribution in [1.29, 1.82) is 0 Å². The van der Waals surface area contributed by atoms with Gasteiger partial charge in [0, 0.05) is 0 Å². The van der Waals surface area contributed by atoms with Gasteiger partial charge in [0.25, 0.3) is 0 Å². The maximum atomic E-state index is 11.6. The van der Waals surface area contributed by atoms with Crippen LogP contribution in [0.3, 0.4) is 0 Å². The van der Waals surface area contributed by atoms with Gasteiger partial charge in [-0.3, -0.25) is 4.79 Å². The second-order valence-corrected chi connectivity index (χ2v) is 7.72. The molecule has 0 bridgehead atoms. The summed E-state index contributed by atoms with van der Waals surface area (Å²) in [5.41, 5.74) is 1.67. The van der Waals surface area contributed by atoms with E-state index < -0.39 is 0 Å². The zero-order valence-corrected chi connectivity index (χ0v) is 13.9. The van der Waals surface area contributed by atoms with E-state index in [1.54, 1.807) is 0 Å². The van der Waals surface area contributed by atoms with E-state index in [0.29, 0.717) is 5.75 Å². The third-order valence-corrected chi connectivity index (χ3v) is 3.30. The lowest BCUT2D eigenvalue weighted by atomic mass is 9.72. The largest absolute Gasteiger partial charge is 0.426 e. The van der Waals surface area contributed by atoms with Crippen molar-refractivity contribution in [2.75, 3.05) is 0 Å². The third-order valence-electron chi connectivity index (χ3n) is 3.30. The second-order valence-electron chi connectivity index (χ2n) is 7.72. The number of ether oxygens (including phenoxy) is 1. The van der Waals surface area contributed by atoms with Gasteiger partial charge >= 0.3 is 5.97 Å². The normalized spacial score (nSPS) is 12.6. The molecule has 0 aliphatic carbocycles. The van der Waals surface area contributed by atoms with Gasteiger partial charge in [-0.05, 0) is 34.9 Å². The number of esters is 1. The highest BCUT2D eigenvalue weighted by molar-refractivity contribution is 5.74. The first kappa shape index (κ1) is 16.7. The van der Waals surface area contributed by atoms with E-state index in [9.17, 15) is 4.79 Å². The van der Waals surface area contributed by atoms with E-state index >= 15 is 0 Å². The molecule has 0 unspecified atom stereocenters. The maximum absolute atomic E-state index is 11.6. The van der Waals surface area contributed by atoms with E-state index in [-0.39, 0.29) is 22.7 Å². The topological polar surface area (TPSA) is 26.3 Å². The Morgan fingerprint density at radius 3 is 1.95 bits per heavy atom. The highest BCUT2D eigenvalue weighted by Crippen LogP contribution is 2.36. The first-order chi connectivity index (χ1) is 9.01. The van der Waals surface area contributed by atoms with E-state index in [1.807, 2.05) is 26.0 Å². The fourth-order valence-electron chi connectivity index (χ4n) is 2.64. The van der Waals surface area contributed by atoms with Crippen LogP contribution in [0.15, 0.2) is 24.3 Å². The average Bonchev–Trinajstić information content (AvgIpc) is 2.26. The Kier molecular flexibility index (Phi) is 5.01. The molecule has 1 rings (SSSR count). The summed E-state index contributed by atoms with van der Waals surface area (Å²) >= 11 is 0. The van der Waals surface area contributed by atoms with Gasteiger partial charge in [-0.1, -0.05) is 60.6 Å². The summed E-state index contributed by atoms with van der Waals surface area (Å²) in [7, 11) is 0. The van der Waals surface area contributed by atoms with Gasteiger partial charge in [0.2, 0.25) is 0 Å². The zero-order valence-electron chi connectivity index (χ0n) is 13.9. The Balaban J connectivity index is 2.83. The third kappa shape index (κ3) is 4.99. The summed E-state index contributed by atoms with van der Waals surface area (Å²) in [5.74, 6) is 0.331. The standard InChI is InChI=1S/C18H28O2/c1-13(2)16(19)20-15-10-8-14(9-11-15)18(6,7)12-17(3,4)5/h8-11,13H,12H2,1-7H3. The molecule has 0 saturated heterocycles. The van der Waals surface area contributed by atoms with Crippen molar-refractivity contribution in [3.63, 3.8) is 0 Å². The molecule has 0 fully saturated rings. The van der Waals surface area contributed by atoms with E-state index in [4.69, 9.17) is 4.74 Å². The molecule has 2 heteroatoms. The Hall–Kier alpha value is -1.31. The average molecular weight is 276 g/mol. The van der Waals surface area contributed by atoms with Crippen LogP contribution < -0.4 is 4.74 Å². The van der Waals surface area contributed by atoms with Gasteiger partial charge in [0.05, 0.1) is 5.92 Å². The van der Waals surface area contributed by atoms with Crippen LogP contribution in [0.4, 0.5) is 0 Å². The van der Waals surface area contributed by atoms with E-state index in [0.717, 1.165) is 6.42 Å². The van der Waals surface area contributed by atoms with Crippen LogP contribution in [0.1, 0.15) is 60.5 Å². The lowest BCUT2D eigenvalue weighted by Crippen LogP contribution is -2.24. The van der Waals surface area contributed by atoms with Gasteiger partial charge in [0.15, 0.2) is 0 Å². The Bertz CT molecular complexity index is 447. The van der Waals surface area contributed by atoms with Crippen LogP contribution >= 0.6 is 0 Å². The van der Waals surface area contributed by atoms with Crippen molar-refractivity contribution in [1.82, 2.24) is 0 Å². The number of carbonyl (C=O) groups is 1. The smallest absolute Gasteiger partial charge is 0.313 e. The molecular weight excluding hydrogens is 248 g/mol. The highest BCUT2D eigenvalue weighted by atomic mass is 16.5. The van der Waals surface area contributed by atoms with E-state index in [1.165, 1.54) is 5.56 Å². The van der Waals surface area contributed by atoms with Crippen LogP contribution in [0.2, 0.25) is 0 Å². The summed E-state index contributed by atoms with van der Waals surface area (Å²) in [6.07, 6.45) is 1.10. The van der Waals surface area contributed by atoms with Crippen molar-refractivity contribution < 1.29 is 9.53 Å². The molecule has 0 aliphatic rings. The summed E-state index contributed by atoms with van der Waals surface area (Å²) in [5, 5.41) is 0. The summed E-state index contributed by atoms with van der Waals surface area (Å²) < 4.78 is 5.31.